The molecule has 4 amide bonds. The van der Waals surface area contributed by atoms with Gasteiger partial charge in [0.2, 0.25) is 5.91 Å². The molecule has 0 saturated carbocycles. The lowest BCUT2D eigenvalue weighted by Crippen LogP contribution is -2.56. The van der Waals surface area contributed by atoms with E-state index in [-0.39, 0.29) is 17.7 Å². The van der Waals surface area contributed by atoms with Crippen molar-refractivity contribution >= 4 is 29.6 Å². The van der Waals surface area contributed by atoms with Crippen molar-refractivity contribution in [3.05, 3.63) is 65.7 Å². The number of thioether (sulfide) groups is 1. The molecule has 0 aliphatic carbocycles. The summed E-state index contributed by atoms with van der Waals surface area (Å²) in [5.74, 6) is -0.127. The third-order valence-electron chi connectivity index (χ3n) is 6.68. The SMILES string of the molecule is CSc1ccc(CC(=O)N2CCC([C@]3(CCc4ccccc4)NC(=O)NC3=O)CC2)cc1. The highest BCUT2D eigenvalue weighted by atomic mass is 32.2. The number of benzene rings is 2. The van der Waals surface area contributed by atoms with E-state index in [1.807, 2.05) is 65.8 Å². The summed E-state index contributed by atoms with van der Waals surface area (Å²) in [6.45, 7) is 1.20. The molecule has 0 aromatic heterocycles. The molecule has 2 saturated heterocycles. The topological polar surface area (TPSA) is 78.5 Å². The first-order valence-electron chi connectivity index (χ1n) is 11.1. The molecule has 32 heavy (non-hydrogen) atoms. The van der Waals surface area contributed by atoms with Crippen LogP contribution in [-0.4, -0.2) is 47.6 Å². The van der Waals surface area contributed by atoms with Crippen LogP contribution in [0.2, 0.25) is 0 Å². The molecule has 2 fully saturated rings. The molecule has 2 aromatic carbocycles. The molecule has 0 unspecified atom stereocenters. The first-order chi connectivity index (χ1) is 15.5. The van der Waals surface area contributed by atoms with E-state index in [0.29, 0.717) is 45.2 Å². The number of rotatable bonds is 7. The van der Waals surface area contributed by atoms with Crippen molar-refractivity contribution in [1.82, 2.24) is 15.5 Å². The van der Waals surface area contributed by atoms with E-state index in [9.17, 15) is 14.4 Å². The number of hydrogen-bond acceptors (Lipinski definition) is 4. The Morgan fingerprint density at radius 2 is 1.72 bits per heavy atom. The fraction of sp³-hybridized carbons (Fsp3) is 0.400. The molecule has 2 aliphatic rings. The van der Waals surface area contributed by atoms with Gasteiger partial charge in [0.25, 0.3) is 5.91 Å². The van der Waals surface area contributed by atoms with Gasteiger partial charge in [-0.15, -0.1) is 11.8 Å². The van der Waals surface area contributed by atoms with Crippen molar-refractivity contribution in [2.75, 3.05) is 19.3 Å². The Morgan fingerprint density at radius 1 is 1.03 bits per heavy atom. The van der Waals surface area contributed by atoms with Gasteiger partial charge in [-0.1, -0.05) is 42.5 Å². The van der Waals surface area contributed by atoms with Crippen LogP contribution in [0.3, 0.4) is 0 Å². The number of nitrogens with one attached hydrogen (secondary N) is 2. The highest BCUT2D eigenvalue weighted by Crippen LogP contribution is 2.35. The van der Waals surface area contributed by atoms with Crippen LogP contribution in [0.5, 0.6) is 0 Å². The average Bonchev–Trinajstić information content (AvgIpc) is 3.12. The molecule has 2 aromatic rings. The van der Waals surface area contributed by atoms with Gasteiger partial charge < -0.3 is 10.2 Å². The van der Waals surface area contributed by atoms with E-state index in [2.05, 4.69) is 10.6 Å². The van der Waals surface area contributed by atoms with Crippen LogP contribution in [0.4, 0.5) is 4.79 Å². The molecular weight excluding hydrogens is 422 g/mol. The van der Waals surface area contributed by atoms with Gasteiger partial charge in [-0.2, -0.15) is 0 Å². The standard InChI is InChI=1S/C25H29N3O3S/c1-32-21-9-7-19(8-10-21)17-22(29)28-15-12-20(13-16-28)25(23(30)26-24(31)27-25)14-11-18-5-3-2-4-6-18/h2-10,20H,11-17H2,1H3,(H2,26,27,30,31)/t25-/m0/s1. The van der Waals surface area contributed by atoms with Crippen molar-refractivity contribution < 1.29 is 14.4 Å². The Kier molecular flexibility index (Phi) is 6.84. The smallest absolute Gasteiger partial charge is 0.322 e. The summed E-state index contributed by atoms with van der Waals surface area (Å²) >= 11 is 1.68. The van der Waals surface area contributed by atoms with E-state index in [1.165, 1.54) is 4.90 Å². The van der Waals surface area contributed by atoms with Crippen molar-refractivity contribution in [2.24, 2.45) is 5.92 Å². The van der Waals surface area contributed by atoms with Crippen LogP contribution < -0.4 is 10.6 Å². The maximum absolute atomic E-state index is 12.9. The van der Waals surface area contributed by atoms with Crippen LogP contribution in [0.25, 0.3) is 0 Å². The number of carbonyl (C=O) groups is 3. The highest BCUT2D eigenvalue weighted by Gasteiger charge is 2.51. The molecule has 2 aliphatic heterocycles. The Morgan fingerprint density at radius 3 is 2.31 bits per heavy atom. The van der Waals surface area contributed by atoms with E-state index in [4.69, 9.17) is 0 Å². The van der Waals surface area contributed by atoms with E-state index in [0.717, 1.165) is 11.1 Å². The fourth-order valence-corrected chi connectivity index (χ4v) is 5.22. The molecule has 0 spiro atoms. The Hall–Kier alpha value is -2.80. The zero-order chi connectivity index (χ0) is 22.6. The zero-order valence-corrected chi connectivity index (χ0v) is 19.1. The number of carbonyl (C=O) groups excluding carboxylic acids is 3. The van der Waals surface area contributed by atoms with Gasteiger partial charge in [0.15, 0.2) is 0 Å². The number of aryl methyl sites for hydroxylation is 1. The summed E-state index contributed by atoms with van der Waals surface area (Å²) < 4.78 is 0. The minimum Gasteiger partial charge on any atom is -0.342 e. The molecular formula is C25H29N3O3S. The lowest BCUT2D eigenvalue weighted by molar-refractivity contribution is -0.133. The monoisotopic (exact) mass is 451 g/mol. The van der Waals surface area contributed by atoms with Crippen molar-refractivity contribution in [3.8, 4) is 0 Å². The molecule has 2 N–H and O–H groups in total. The number of piperidine rings is 1. The van der Waals surface area contributed by atoms with Crippen LogP contribution in [0.15, 0.2) is 59.5 Å². The van der Waals surface area contributed by atoms with E-state index in [1.54, 1.807) is 11.8 Å². The highest BCUT2D eigenvalue weighted by molar-refractivity contribution is 7.98. The van der Waals surface area contributed by atoms with Gasteiger partial charge in [0.05, 0.1) is 6.42 Å². The minimum atomic E-state index is -0.907. The van der Waals surface area contributed by atoms with Gasteiger partial charge in [-0.05, 0) is 61.1 Å². The molecule has 2 heterocycles. The van der Waals surface area contributed by atoms with E-state index < -0.39 is 11.6 Å². The molecule has 0 radical (unpaired) electrons. The van der Waals surface area contributed by atoms with Gasteiger partial charge in [0, 0.05) is 18.0 Å². The molecule has 6 nitrogen and oxygen atoms in total. The van der Waals surface area contributed by atoms with Crippen molar-refractivity contribution in [1.29, 1.82) is 0 Å². The van der Waals surface area contributed by atoms with Gasteiger partial charge >= 0.3 is 6.03 Å². The second-order valence-electron chi connectivity index (χ2n) is 8.55. The van der Waals surface area contributed by atoms with Crippen LogP contribution in [0, 0.1) is 5.92 Å². The second kappa shape index (κ2) is 9.77. The lowest BCUT2D eigenvalue weighted by Gasteiger charge is -2.40. The molecule has 7 heteroatoms. The van der Waals surface area contributed by atoms with Crippen LogP contribution in [0.1, 0.15) is 30.4 Å². The quantitative estimate of drug-likeness (QED) is 0.500. The minimum absolute atomic E-state index is 0.00238. The van der Waals surface area contributed by atoms with Crippen LogP contribution >= 0.6 is 11.8 Å². The van der Waals surface area contributed by atoms with E-state index >= 15 is 0 Å². The van der Waals surface area contributed by atoms with Gasteiger partial charge in [-0.3, -0.25) is 14.9 Å². The number of imide groups is 1. The predicted octanol–water partition coefficient (Wildman–Crippen LogP) is 3.40. The third-order valence-corrected chi connectivity index (χ3v) is 7.42. The van der Waals surface area contributed by atoms with Crippen LogP contribution in [-0.2, 0) is 22.4 Å². The van der Waals surface area contributed by atoms with Crippen molar-refractivity contribution in [2.45, 2.75) is 42.5 Å². The van der Waals surface area contributed by atoms with Crippen molar-refractivity contribution in [3.63, 3.8) is 0 Å². The first-order valence-corrected chi connectivity index (χ1v) is 12.3. The Labute approximate surface area is 193 Å². The number of hydrogen-bond donors (Lipinski definition) is 2. The molecule has 1 atom stereocenters. The molecule has 0 bridgehead atoms. The third kappa shape index (κ3) is 4.83. The largest absolute Gasteiger partial charge is 0.342 e. The zero-order valence-electron chi connectivity index (χ0n) is 18.3. The second-order valence-corrected chi connectivity index (χ2v) is 9.42. The Balaban J connectivity index is 1.39. The fourth-order valence-electron chi connectivity index (χ4n) is 4.81. The first kappa shape index (κ1) is 22.4. The van der Waals surface area contributed by atoms with Gasteiger partial charge in [-0.25, -0.2) is 4.79 Å². The summed E-state index contributed by atoms with van der Waals surface area (Å²) in [7, 11) is 0. The average molecular weight is 452 g/mol. The summed E-state index contributed by atoms with van der Waals surface area (Å²) in [6.07, 6.45) is 5.06. The normalized spacial score (nSPS) is 21.3. The lowest BCUT2D eigenvalue weighted by atomic mass is 9.74. The number of amides is 4. The summed E-state index contributed by atoms with van der Waals surface area (Å²) in [6, 6.07) is 17.7. The van der Waals surface area contributed by atoms with Gasteiger partial charge in [0.1, 0.15) is 5.54 Å². The molecule has 4 rings (SSSR count). The maximum atomic E-state index is 12.9. The number of urea groups is 1. The molecule has 168 valence electrons. The maximum Gasteiger partial charge on any atom is 0.322 e. The summed E-state index contributed by atoms with van der Waals surface area (Å²) in [4.78, 5) is 40.8. The predicted molar refractivity (Wildman–Crippen MR) is 125 cm³/mol. The summed E-state index contributed by atoms with van der Waals surface area (Å²) in [5, 5.41) is 5.39. The number of likely N-dealkylation sites (tertiary alicyclic amines) is 1. The summed E-state index contributed by atoms with van der Waals surface area (Å²) in [5.41, 5.74) is 1.24. The number of nitrogens with zero attached hydrogens (tertiary/aromatic N) is 1. The Bertz CT molecular complexity index is 972.